The number of carbonyl (C=O) groups excluding carboxylic acids is 1. The number of amides is 1. The molecule has 0 bridgehead atoms. The van der Waals surface area contributed by atoms with Gasteiger partial charge in [-0.25, -0.2) is 4.99 Å². The Morgan fingerprint density at radius 3 is 2.53 bits per heavy atom. The topological polar surface area (TPSA) is 82.3 Å². The van der Waals surface area contributed by atoms with Gasteiger partial charge in [-0.3, -0.25) is 4.79 Å². The molecule has 1 aliphatic carbocycles. The highest BCUT2D eigenvalue weighted by molar-refractivity contribution is 7.16. The molecule has 1 atom stereocenters. The molecule has 0 aliphatic heterocycles. The van der Waals surface area contributed by atoms with Crippen LogP contribution in [0.2, 0.25) is 0 Å². The first-order valence-electron chi connectivity index (χ1n) is 12.0. The van der Waals surface area contributed by atoms with Crippen molar-refractivity contribution in [2.45, 2.75) is 46.6 Å². The van der Waals surface area contributed by atoms with Crippen LogP contribution in [0.25, 0.3) is 0 Å². The fraction of sp³-hybridized carbons (Fsp3) is 0.429. The van der Waals surface area contributed by atoms with Crippen LogP contribution in [0.5, 0.6) is 17.2 Å². The van der Waals surface area contributed by atoms with Gasteiger partial charge in [0.1, 0.15) is 16.5 Å². The quantitative estimate of drug-likeness (QED) is 0.365. The first-order valence-corrected chi connectivity index (χ1v) is 12.9. The zero-order chi connectivity index (χ0) is 25.9. The van der Waals surface area contributed by atoms with Crippen molar-refractivity contribution in [1.82, 2.24) is 5.32 Å². The van der Waals surface area contributed by atoms with E-state index in [1.165, 1.54) is 4.88 Å². The lowest BCUT2D eigenvalue weighted by Crippen LogP contribution is -2.28. The lowest BCUT2D eigenvalue weighted by molar-refractivity contribution is 0.0947. The minimum Gasteiger partial charge on any atom is -0.496 e. The van der Waals surface area contributed by atoms with Crippen molar-refractivity contribution >= 4 is 28.5 Å². The highest BCUT2D eigenvalue weighted by atomic mass is 32.1. The second-order valence-electron chi connectivity index (χ2n) is 9.96. The number of benzene rings is 1. The summed E-state index contributed by atoms with van der Waals surface area (Å²) < 4.78 is 21.8. The Morgan fingerprint density at radius 2 is 1.89 bits per heavy atom. The van der Waals surface area contributed by atoms with Gasteiger partial charge in [0, 0.05) is 22.7 Å². The zero-order valence-corrected chi connectivity index (χ0v) is 22.6. The molecule has 1 aromatic carbocycles. The SMILES string of the molecule is COc1cc(OC)c(OC)cc1C=Nc1sc2c(c1C(=O)NCc1ccco1)CC[C@@H](C(C)(C)C)C2. The van der Waals surface area contributed by atoms with Gasteiger partial charge in [0.05, 0.1) is 39.7 Å². The third-order valence-electron chi connectivity index (χ3n) is 6.76. The van der Waals surface area contributed by atoms with E-state index in [4.69, 9.17) is 23.6 Å². The summed E-state index contributed by atoms with van der Waals surface area (Å²) in [5.74, 6) is 2.89. The smallest absolute Gasteiger partial charge is 0.255 e. The number of fused-ring (bicyclic) bond motifs is 1. The molecule has 8 heteroatoms. The van der Waals surface area contributed by atoms with Crippen LogP contribution in [0.15, 0.2) is 39.9 Å². The Labute approximate surface area is 216 Å². The molecular formula is C28H34N2O5S. The molecule has 3 aromatic rings. The summed E-state index contributed by atoms with van der Waals surface area (Å²) >= 11 is 1.60. The van der Waals surface area contributed by atoms with Crippen LogP contribution in [-0.4, -0.2) is 33.5 Å². The second kappa shape index (κ2) is 10.8. The van der Waals surface area contributed by atoms with Crippen LogP contribution < -0.4 is 19.5 Å². The maximum atomic E-state index is 13.4. The van der Waals surface area contributed by atoms with Crippen LogP contribution >= 0.6 is 11.3 Å². The third kappa shape index (κ3) is 5.43. The number of methoxy groups -OCH3 is 3. The number of nitrogens with zero attached hydrogens (tertiary/aromatic N) is 1. The molecule has 0 saturated carbocycles. The highest BCUT2D eigenvalue weighted by Crippen LogP contribution is 2.45. The molecule has 0 radical (unpaired) electrons. The third-order valence-corrected chi connectivity index (χ3v) is 7.92. The molecule has 0 unspecified atom stereocenters. The van der Waals surface area contributed by atoms with Crippen molar-refractivity contribution in [3.63, 3.8) is 0 Å². The average molecular weight is 511 g/mol. The summed E-state index contributed by atoms with van der Waals surface area (Å²) in [5.41, 5.74) is 2.71. The number of aliphatic imine (C=N–C) groups is 1. The summed E-state index contributed by atoms with van der Waals surface area (Å²) in [4.78, 5) is 19.5. The summed E-state index contributed by atoms with van der Waals surface area (Å²) in [6.45, 7) is 7.19. The van der Waals surface area contributed by atoms with Crippen LogP contribution in [0.4, 0.5) is 5.00 Å². The second-order valence-corrected chi connectivity index (χ2v) is 11.0. The van der Waals surface area contributed by atoms with Crippen LogP contribution in [-0.2, 0) is 19.4 Å². The maximum Gasteiger partial charge on any atom is 0.255 e. The number of rotatable bonds is 8. The Hall–Kier alpha value is -3.26. The molecule has 1 amide bonds. The van der Waals surface area contributed by atoms with E-state index in [1.807, 2.05) is 18.2 Å². The largest absolute Gasteiger partial charge is 0.496 e. The van der Waals surface area contributed by atoms with Gasteiger partial charge in [0.15, 0.2) is 11.5 Å². The average Bonchev–Trinajstić information content (AvgIpc) is 3.52. The predicted molar refractivity (Wildman–Crippen MR) is 143 cm³/mol. The molecule has 7 nitrogen and oxygen atoms in total. The van der Waals surface area contributed by atoms with Gasteiger partial charge in [0.25, 0.3) is 5.91 Å². The van der Waals surface area contributed by atoms with Gasteiger partial charge in [-0.1, -0.05) is 20.8 Å². The predicted octanol–water partition coefficient (Wildman–Crippen LogP) is 6.20. The molecule has 192 valence electrons. The minimum atomic E-state index is -0.135. The fourth-order valence-corrected chi connectivity index (χ4v) is 5.86. The number of thiophene rings is 1. The number of ether oxygens (including phenoxy) is 3. The van der Waals surface area contributed by atoms with E-state index in [-0.39, 0.29) is 11.3 Å². The molecule has 0 fully saturated rings. The van der Waals surface area contributed by atoms with Crippen LogP contribution in [0, 0.1) is 11.3 Å². The van der Waals surface area contributed by atoms with Crippen molar-refractivity contribution in [2.24, 2.45) is 16.3 Å². The standard InChI is InChI=1S/C28H34N2O5S/c1-28(2,3)18-9-10-20-24(13-18)36-27(25(20)26(31)29-16-19-8-7-11-35-19)30-15-17-12-22(33-5)23(34-6)14-21(17)32-4/h7-8,11-12,14-15,18H,9-10,13,16H2,1-6H3,(H,29,31)/t18-/m1/s1. The van der Waals surface area contributed by atoms with E-state index in [1.54, 1.807) is 51.2 Å². The van der Waals surface area contributed by atoms with Crippen molar-refractivity contribution in [2.75, 3.05) is 21.3 Å². The van der Waals surface area contributed by atoms with Gasteiger partial charge in [-0.15, -0.1) is 11.3 Å². The van der Waals surface area contributed by atoms with E-state index in [9.17, 15) is 4.79 Å². The molecule has 1 aliphatic rings. The maximum absolute atomic E-state index is 13.4. The van der Waals surface area contributed by atoms with Crippen LogP contribution in [0.1, 0.15) is 59.3 Å². The Bertz CT molecular complexity index is 1240. The molecule has 2 heterocycles. The first kappa shape index (κ1) is 25.8. The molecule has 4 rings (SSSR count). The molecule has 1 N–H and O–H groups in total. The molecule has 36 heavy (non-hydrogen) atoms. The van der Waals surface area contributed by atoms with E-state index >= 15 is 0 Å². The zero-order valence-electron chi connectivity index (χ0n) is 21.8. The van der Waals surface area contributed by atoms with Gasteiger partial charge in [0.2, 0.25) is 0 Å². The fourth-order valence-electron chi connectivity index (χ4n) is 4.59. The lowest BCUT2D eigenvalue weighted by Gasteiger charge is -2.33. The normalized spacial score (nSPS) is 15.6. The van der Waals surface area contributed by atoms with Crippen molar-refractivity contribution in [3.8, 4) is 17.2 Å². The number of hydrogen-bond acceptors (Lipinski definition) is 7. The van der Waals surface area contributed by atoms with E-state index in [0.29, 0.717) is 46.0 Å². The molecule has 0 saturated heterocycles. The van der Waals surface area contributed by atoms with Crippen molar-refractivity contribution < 1.29 is 23.4 Å². The number of nitrogens with one attached hydrogen (secondary N) is 1. The summed E-state index contributed by atoms with van der Waals surface area (Å²) in [6.07, 6.45) is 6.21. The molecule has 2 aromatic heterocycles. The number of carbonyl (C=O) groups is 1. The Kier molecular flexibility index (Phi) is 7.73. The van der Waals surface area contributed by atoms with E-state index in [0.717, 1.165) is 30.4 Å². The number of hydrogen-bond donors (Lipinski definition) is 1. The van der Waals surface area contributed by atoms with E-state index in [2.05, 4.69) is 26.1 Å². The first-order chi connectivity index (χ1) is 17.2. The van der Waals surface area contributed by atoms with Gasteiger partial charge in [-0.05, 0) is 54.4 Å². The summed E-state index contributed by atoms with van der Waals surface area (Å²) in [6, 6.07) is 7.25. The number of furan rings is 1. The highest BCUT2D eigenvalue weighted by Gasteiger charge is 2.33. The van der Waals surface area contributed by atoms with E-state index < -0.39 is 0 Å². The van der Waals surface area contributed by atoms with Gasteiger partial charge < -0.3 is 23.9 Å². The minimum absolute atomic E-state index is 0.135. The van der Waals surface area contributed by atoms with Crippen LogP contribution in [0.3, 0.4) is 0 Å². The molecule has 0 spiro atoms. The Balaban J connectivity index is 1.71. The van der Waals surface area contributed by atoms with Crippen molar-refractivity contribution in [1.29, 1.82) is 0 Å². The van der Waals surface area contributed by atoms with Gasteiger partial charge in [-0.2, -0.15) is 0 Å². The summed E-state index contributed by atoms with van der Waals surface area (Å²) in [5, 5.41) is 3.71. The lowest BCUT2D eigenvalue weighted by atomic mass is 9.72. The summed E-state index contributed by atoms with van der Waals surface area (Å²) in [7, 11) is 4.77. The monoisotopic (exact) mass is 510 g/mol. The van der Waals surface area contributed by atoms with Gasteiger partial charge >= 0.3 is 0 Å². The molecular weight excluding hydrogens is 476 g/mol. The van der Waals surface area contributed by atoms with Crippen molar-refractivity contribution in [3.05, 3.63) is 57.9 Å². The Morgan fingerprint density at radius 1 is 1.17 bits per heavy atom.